The molecule has 0 radical (unpaired) electrons. The predicted octanol–water partition coefficient (Wildman–Crippen LogP) is 6.30. The molecule has 0 heterocycles. The zero-order valence-electron chi connectivity index (χ0n) is 14.3. The third kappa shape index (κ3) is 6.40. The number of thioether (sulfide) groups is 1. The van der Waals surface area contributed by atoms with Crippen LogP contribution in [-0.2, 0) is 4.79 Å². The molecule has 0 amide bonds. The average Bonchev–Trinajstić information content (AvgIpc) is 2.59. The fourth-order valence-corrected chi connectivity index (χ4v) is 3.59. The van der Waals surface area contributed by atoms with Crippen molar-refractivity contribution in [2.45, 2.75) is 50.3 Å². The van der Waals surface area contributed by atoms with Gasteiger partial charge in [0.15, 0.2) is 0 Å². The van der Waals surface area contributed by atoms with Gasteiger partial charge in [-0.05, 0) is 54.8 Å². The van der Waals surface area contributed by atoms with Gasteiger partial charge in [0.25, 0.3) is 0 Å². The number of benzene rings is 2. The number of hydrogen-bond acceptors (Lipinski definition) is 2. The van der Waals surface area contributed by atoms with Gasteiger partial charge in [-0.15, -0.1) is 11.8 Å². The van der Waals surface area contributed by atoms with E-state index >= 15 is 0 Å². The van der Waals surface area contributed by atoms with Crippen LogP contribution in [0.2, 0.25) is 0 Å². The summed E-state index contributed by atoms with van der Waals surface area (Å²) in [5.74, 6) is 0.358. The lowest BCUT2D eigenvalue weighted by Gasteiger charge is -2.04. The van der Waals surface area contributed by atoms with Crippen molar-refractivity contribution in [2.24, 2.45) is 0 Å². The number of carboxylic acid groups (broad SMARTS) is 1. The number of unbranched alkanes of at least 4 members (excludes halogenated alkanes) is 5. The number of allylic oxidation sites excluding steroid dienone is 1. The topological polar surface area (TPSA) is 37.3 Å². The summed E-state index contributed by atoms with van der Waals surface area (Å²) in [5.41, 5.74) is 0.460. The van der Waals surface area contributed by atoms with E-state index in [1.165, 1.54) is 41.4 Å². The molecular weight excluding hydrogens is 316 g/mol. The fraction of sp³-hybridized carbons (Fsp3) is 0.381. The summed E-state index contributed by atoms with van der Waals surface area (Å²) in [6.45, 7) is 1.66. The Kier molecular flexibility index (Phi) is 7.90. The van der Waals surface area contributed by atoms with Gasteiger partial charge in [0.05, 0.1) is 0 Å². The van der Waals surface area contributed by atoms with Crippen molar-refractivity contribution < 1.29 is 9.90 Å². The van der Waals surface area contributed by atoms with Crippen molar-refractivity contribution in [3.8, 4) is 0 Å². The molecule has 0 unspecified atom stereocenters. The second-order valence-electron chi connectivity index (χ2n) is 6.11. The predicted molar refractivity (Wildman–Crippen MR) is 104 cm³/mol. The van der Waals surface area contributed by atoms with E-state index in [1.54, 1.807) is 6.92 Å². The van der Waals surface area contributed by atoms with Crippen LogP contribution in [-0.4, -0.2) is 16.8 Å². The Morgan fingerprint density at radius 2 is 1.71 bits per heavy atom. The molecule has 0 aliphatic heterocycles. The SMILES string of the molecule is CC(=CCCCCCCCSc1ccc2ccccc2c1)C(=O)O. The Bertz CT molecular complexity index is 691. The lowest BCUT2D eigenvalue weighted by Crippen LogP contribution is -1.95. The monoisotopic (exact) mass is 342 g/mol. The number of fused-ring (bicyclic) bond motifs is 1. The van der Waals surface area contributed by atoms with E-state index < -0.39 is 5.97 Å². The number of hydrogen-bond donors (Lipinski definition) is 1. The summed E-state index contributed by atoms with van der Waals surface area (Å²) >= 11 is 1.94. The van der Waals surface area contributed by atoms with Crippen LogP contribution in [0.15, 0.2) is 59.0 Å². The first-order valence-corrected chi connectivity index (χ1v) is 9.67. The third-order valence-electron chi connectivity index (χ3n) is 4.13. The van der Waals surface area contributed by atoms with Crippen LogP contribution in [0.25, 0.3) is 10.8 Å². The molecule has 0 saturated carbocycles. The minimum absolute atomic E-state index is 0.460. The Morgan fingerprint density at radius 3 is 2.50 bits per heavy atom. The first-order valence-electron chi connectivity index (χ1n) is 8.68. The van der Waals surface area contributed by atoms with Crippen LogP contribution in [0.5, 0.6) is 0 Å². The minimum atomic E-state index is -0.805. The maximum Gasteiger partial charge on any atom is 0.330 e. The molecular formula is C21H26O2S. The highest BCUT2D eigenvalue weighted by Gasteiger charge is 1.99. The van der Waals surface area contributed by atoms with Crippen molar-refractivity contribution in [1.29, 1.82) is 0 Å². The Balaban J connectivity index is 1.56. The highest BCUT2D eigenvalue weighted by molar-refractivity contribution is 7.99. The van der Waals surface area contributed by atoms with Crippen LogP contribution in [0, 0.1) is 0 Å². The maximum atomic E-state index is 10.7. The van der Waals surface area contributed by atoms with Gasteiger partial charge < -0.3 is 5.11 Å². The standard InChI is InChI=1S/C21H26O2S/c1-17(21(22)23)10-6-4-2-3-5-9-15-24-20-14-13-18-11-7-8-12-19(18)16-20/h7-8,10-14,16H,2-6,9,15H2,1H3,(H,22,23). The van der Waals surface area contributed by atoms with Gasteiger partial charge in [0.1, 0.15) is 0 Å². The molecule has 24 heavy (non-hydrogen) atoms. The molecule has 2 aromatic carbocycles. The first-order chi connectivity index (χ1) is 11.7. The Labute approximate surface area is 149 Å². The van der Waals surface area contributed by atoms with Gasteiger partial charge in [0, 0.05) is 10.5 Å². The van der Waals surface area contributed by atoms with Crippen molar-refractivity contribution in [2.75, 3.05) is 5.75 Å². The summed E-state index contributed by atoms with van der Waals surface area (Å²) in [6, 6.07) is 15.2. The molecule has 2 rings (SSSR count). The van der Waals surface area contributed by atoms with E-state index in [1.807, 2.05) is 17.8 Å². The minimum Gasteiger partial charge on any atom is -0.478 e. The zero-order valence-corrected chi connectivity index (χ0v) is 15.1. The summed E-state index contributed by atoms with van der Waals surface area (Å²) in [4.78, 5) is 12.0. The highest BCUT2D eigenvalue weighted by Crippen LogP contribution is 2.24. The molecule has 2 aromatic rings. The highest BCUT2D eigenvalue weighted by atomic mass is 32.2. The van der Waals surface area contributed by atoms with E-state index in [0.29, 0.717) is 5.57 Å². The fourth-order valence-electron chi connectivity index (χ4n) is 2.63. The summed E-state index contributed by atoms with van der Waals surface area (Å²) in [7, 11) is 0. The lowest BCUT2D eigenvalue weighted by atomic mass is 10.1. The molecule has 0 aliphatic carbocycles. The van der Waals surface area contributed by atoms with Gasteiger partial charge in [-0.25, -0.2) is 4.79 Å². The van der Waals surface area contributed by atoms with E-state index in [0.717, 1.165) is 18.6 Å². The molecule has 128 valence electrons. The summed E-state index contributed by atoms with van der Waals surface area (Å²) in [6.07, 6.45) is 8.70. The number of carboxylic acids is 1. The van der Waals surface area contributed by atoms with Crippen LogP contribution in [0.3, 0.4) is 0 Å². The van der Waals surface area contributed by atoms with E-state index in [2.05, 4.69) is 42.5 Å². The first kappa shape index (κ1) is 18.6. The summed E-state index contributed by atoms with van der Waals surface area (Å²) in [5, 5.41) is 11.4. The lowest BCUT2D eigenvalue weighted by molar-refractivity contribution is -0.132. The van der Waals surface area contributed by atoms with E-state index in [-0.39, 0.29) is 0 Å². The number of rotatable bonds is 10. The molecule has 3 heteroatoms. The van der Waals surface area contributed by atoms with Crippen molar-refractivity contribution in [3.63, 3.8) is 0 Å². The molecule has 0 aliphatic rings. The molecule has 0 bridgehead atoms. The quantitative estimate of drug-likeness (QED) is 0.312. The maximum absolute atomic E-state index is 10.7. The number of aliphatic carboxylic acids is 1. The van der Waals surface area contributed by atoms with Gasteiger partial charge in [0.2, 0.25) is 0 Å². The number of carbonyl (C=O) groups is 1. The molecule has 0 fully saturated rings. The van der Waals surface area contributed by atoms with Crippen molar-refractivity contribution in [1.82, 2.24) is 0 Å². The Morgan fingerprint density at radius 1 is 1.00 bits per heavy atom. The molecule has 2 nitrogen and oxygen atoms in total. The molecule has 0 spiro atoms. The molecule has 0 saturated heterocycles. The van der Waals surface area contributed by atoms with Crippen LogP contribution in [0.1, 0.15) is 45.4 Å². The van der Waals surface area contributed by atoms with E-state index in [9.17, 15) is 4.79 Å². The second-order valence-corrected chi connectivity index (χ2v) is 7.27. The van der Waals surface area contributed by atoms with Gasteiger partial charge in [-0.1, -0.05) is 55.7 Å². The Hall–Kier alpha value is -1.74. The van der Waals surface area contributed by atoms with Crippen molar-refractivity contribution in [3.05, 3.63) is 54.1 Å². The van der Waals surface area contributed by atoms with Crippen LogP contribution >= 0.6 is 11.8 Å². The van der Waals surface area contributed by atoms with Crippen LogP contribution < -0.4 is 0 Å². The van der Waals surface area contributed by atoms with E-state index in [4.69, 9.17) is 5.11 Å². The second kappa shape index (κ2) is 10.2. The van der Waals surface area contributed by atoms with Gasteiger partial charge in [-0.3, -0.25) is 0 Å². The average molecular weight is 343 g/mol. The largest absolute Gasteiger partial charge is 0.478 e. The van der Waals surface area contributed by atoms with Gasteiger partial charge >= 0.3 is 5.97 Å². The zero-order chi connectivity index (χ0) is 17.2. The molecule has 0 aromatic heterocycles. The normalized spacial score (nSPS) is 11.8. The van der Waals surface area contributed by atoms with Crippen molar-refractivity contribution >= 4 is 28.5 Å². The third-order valence-corrected chi connectivity index (χ3v) is 5.21. The molecule has 1 N–H and O–H groups in total. The van der Waals surface area contributed by atoms with Crippen LogP contribution in [0.4, 0.5) is 0 Å². The summed E-state index contributed by atoms with van der Waals surface area (Å²) < 4.78 is 0. The van der Waals surface area contributed by atoms with Gasteiger partial charge in [-0.2, -0.15) is 0 Å². The smallest absolute Gasteiger partial charge is 0.330 e. The molecule has 0 atom stereocenters.